The molecule has 3 aliphatic carbocycles. The second-order valence-corrected chi connectivity index (χ2v) is 12.0. The molecular formula is C34H46F2O. The first-order valence-corrected chi connectivity index (χ1v) is 15.1. The highest BCUT2D eigenvalue weighted by molar-refractivity contribution is 5.97. The van der Waals surface area contributed by atoms with Crippen molar-refractivity contribution < 1.29 is 13.6 Å². The van der Waals surface area contributed by atoms with Gasteiger partial charge in [0.05, 0.1) is 5.56 Å². The molecule has 37 heavy (non-hydrogen) atoms. The van der Waals surface area contributed by atoms with E-state index in [9.17, 15) is 13.6 Å². The summed E-state index contributed by atoms with van der Waals surface area (Å²) in [7, 11) is 0. The number of hydrogen-bond donors (Lipinski definition) is 0. The number of ketones is 1. The fraction of sp³-hybridized carbons (Fsp3) is 0.618. The summed E-state index contributed by atoms with van der Waals surface area (Å²) in [6.07, 6.45) is 18.7. The van der Waals surface area contributed by atoms with Gasteiger partial charge in [-0.2, -0.15) is 0 Å². The molecule has 0 radical (unpaired) electrons. The van der Waals surface area contributed by atoms with E-state index in [0.717, 1.165) is 30.7 Å². The van der Waals surface area contributed by atoms with Crippen LogP contribution in [-0.4, -0.2) is 5.78 Å². The molecule has 0 heterocycles. The van der Waals surface area contributed by atoms with Crippen molar-refractivity contribution in [2.75, 3.05) is 0 Å². The molecule has 1 unspecified atom stereocenters. The molecule has 2 aromatic rings. The standard InChI is InChI=1S/C34H46F2O/c1-3-5-7-8-12-32(37)33-30(35)23-28(24-31(33)36)25-13-15-26(16-14-25)29-11-10-20-34(19-9-6-4-2)21-17-27(29)18-22-34/h13-16,23-24,27,29H,3-12,17-22H2,1-2H3. The Morgan fingerprint density at radius 3 is 2.11 bits per heavy atom. The summed E-state index contributed by atoms with van der Waals surface area (Å²) in [6.45, 7) is 4.39. The van der Waals surface area contributed by atoms with Crippen LogP contribution in [-0.2, 0) is 0 Å². The maximum Gasteiger partial charge on any atom is 0.168 e. The van der Waals surface area contributed by atoms with Crippen LogP contribution in [0.3, 0.4) is 0 Å². The first-order valence-electron chi connectivity index (χ1n) is 15.1. The van der Waals surface area contributed by atoms with Crippen LogP contribution in [0.15, 0.2) is 36.4 Å². The van der Waals surface area contributed by atoms with Crippen molar-refractivity contribution in [1.29, 1.82) is 0 Å². The number of benzene rings is 2. The molecular weight excluding hydrogens is 462 g/mol. The van der Waals surface area contributed by atoms with Crippen molar-refractivity contribution in [2.24, 2.45) is 11.3 Å². The van der Waals surface area contributed by atoms with Crippen molar-refractivity contribution in [3.8, 4) is 11.1 Å². The molecule has 2 aromatic carbocycles. The van der Waals surface area contributed by atoms with E-state index in [1.165, 1.54) is 88.3 Å². The Labute approximate surface area is 223 Å². The fourth-order valence-electron chi connectivity index (χ4n) is 7.17. The fourth-order valence-corrected chi connectivity index (χ4v) is 7.17. The Morgan fingerprint density at radius 1 is 0.811 bits per heavy atom. The number of fused-ring (bicyclic) bond motifs is 5. The molecule has 0 N–H and O–H groups in total. The molecule has 3 aliphatic rings. The van der Waals surface area contributed by atoms with E-state index in [1.807, 2.05) is 12.1 Å². The van der Waals surface area contributed by atoms with Gasteiger partial charge in [-0.15, -0.1) is 0 Å². The van der Waals surface area contributed by atoms with E-state index in [1.54, 1.807) is 0 Å². The Balaban J connectivity index is 1.42. The highest BCUT2D eigenvalue weighted by atomic mass is 19.1. The van der Waals surface area contributed by atoms with Gasteiger partial charge in [-0.1, -0.05) is 83.1 Å². The number of unbranched alkanes of at least 4 members (excludes halogenated alkanes) is 5. The van der Waals surface area contributed by atoms with Crippen LogP contribution in [0.4, 0.5) is 8.78 Å². The van der Waals surface area contributed by atoms with Gasteiger partial charge in [0.25, 0.3) is 0 Å². The van der Waals surface area contributed by atoms with Crippen LogP contribution in [0.25, 0.3) is 11.1 Å². The lowest BCUT2D eigenvalue weighted by atomic mass is 9.59. The number of carbonyl (C=O) groups excluding carboxylic acids is 1. The van der Waals surface area contributed by atoms with Gasteiger partial charge in [-0.05, 0) is 97.4 Å². The van der Waals surface area contributed by atoms with Gasteiger partial charge in [0, 0.05) is 6.42 Å². The Bertz CT molecular complexity index is 988. The Morgan fingerprint density at radius 2 is 1.46 bits per heavy atom. The van der Waals surface area contributed by atoms with E-state index in [4.69, 9.17) is 0 Å². The van der Waals surface area contributed by atoms with Crippen LogP contribution in [0.5, 0.6) is 0 Å². The topological polar surface area (TPSA) is 17.1 Å². The average molecular weight is 509 g/mol. The summed E-state index contributed by atoms with van der Waals surface area (Å²) in [4.78, 5) is 12.4. The van der Waals surface area contributed by atoms with Gasteiger partial charge in [-0.25, -0.2) is 8.78 Å². The number of halogens is 2. The predicted octanol–water partition coefficient (Wildman–Crippen LogP) is 10.8. The van der Waals surface area contributed by atoms with Crippen LogP contribution < -0.4 is 0 Å². The minimum atomic E-state index is -0.746. The summed E-state index contributed by atoms with van der Waals surface area (Å²) in [5.74, 6) is -0.584. The molecule has 202 valence electrons. The molecule has 0 amide bonds. The SMILES string of the molecule is CCCCCCC(=O)c1c(F)cc(-c2ccc(C3CCCC4(CCCCC)CCC3CC4)cc2)cc1F. The third-order valence-electron chi connectivity index (χ3n) is 9.44. The monoisotopic (exact) mass is 508 g/mol. The molecule has 0 aromatic heterocycles. The summed E-state index contributed by atoms with van der Waals surface area (Å²) in [5, 5.41) is 0. The quantitative estimate of drug-likeness (QED) is 0.206. The van der Waals surface area contributed by atoms with E-state index >= 15 is 0 Å². The zero-order valence-electron chi connectivity index (χ0n) is 23.1. The zero-order valence-corrected chi connectivity index (χ0v) is 23.1. The molecule has 3 saturated carbocycles. The normalized spacial score (nSPS) is 23.6. The molecule has 0 saturated heterocycles. The van der Waals surface area contributed by atoms with Gasteiger partial charge in [-0.3, -0.25) is 4.79 Å². The number of hydrogen-bond acceptors (Lipinski definition) is 1. The average Bonchev–Trinajstić information content (AvgIpc) is 2.88. The number of Topliss-reactive ketones (excluding diaryl/α,β-unsaturated/α-hetero) is 1. The highest BCUT2D eigenvalue weighted by Gasteiger charge is 2.39. The summed E-state index contributed by atoms with van der Waals surface area (Å²) >= 11 is 0. The third-order valence-corrected chi connectivity index (χ3v) is 9.44. The smallest absolute Gasteiger partial charge is 0.168 e. The summed E-state index contributed by atoms with van der Waals surface area (Å²) < 4.78 is 29.7. The van der Waals surface area contributed by atoms with Crippen LogP contribution in [0.2, 0.25) is 0 Å². The predicted molar refractivity (Wildman–Crippen MR) is 150 cm³/mol. The van der Waals surface area contributed by atoms with E-state index in [2.05, 4.69) is 26.0 Å². The van der Waals surface area contributed by atoms with Crippen molar-refractivity contribution in [3.05, 3.63) is 59.2 Å². The van der Waals surface area contributed by atoms with Crippen molar-refractivity contribution in [1.82, 2.24) is 0 Å². The Kier molecular flexibility index (Phi) is 9.96. The van der Waals surface area contributed by atoms with Crippen molar-refractivity contribution in [3.63, 3.8) is 0 Å². The van der Waals surface area contributed by atoms with Gasteiger partial charge < -0.3 is 0 Å². The maximum absolute atomic E-state index is 14.8. The van der Waals surface area contributed by atoms with Crippen LogP contribution in [0, 0.1) is 23.0 Å². The molecule has 3 fully saturated rings. The van der Waals surface area contributed by atoms with Gasteiger partial charge in [0.1, 0.15) is 11.6 Å². The molecule has 1 nitrogen and oxygen atoms in total. The van der Waals surface area contributed by atoms with Crippen LogP contribution >= 0.6 is 0 Å². The summed E-state index contributed by atoms with van der Waals surface area (Å²) in [5.41, 5.74) is 2.89. The van der Waals surface area contributed by atoms with Gasteiger partial charge >= 0.3 is 0 Å². The minimum Gasteiger partial charge on any atom is -0.294 e. The molecule has 1 atom stereocenters. The van der Waals surface area contributed by atoms with Crippen LogP contribution in [0.1, 0.15) is 138 Å². The van der Waals surface area contributed by atoms with E-state index in [0.29, 0.717) is 23.3 Å². The Hall–Kier alpha value is -2.03. The molecule has 3 heteroatoms. The lowest BCUT2D eigenvalue weighted by Crippen LogP contribution is -2.32. The van der Waals surface area contributed by atoms with E-state index < -0.39 is 17.4 Å². The van der Waals surface area contributed by atoms with Gasteiger partial charge in [0.15, 0.2) is 5.78 Å². The first kappa shape index (κ1) is 28.0. The summed E-state index contributed by atoms with van der Waals surface area (Å²) in [6, 6.07) is 11.0. The van der Waals surface area contributed by atoms with E-state index in [-0.39, 0.29) is 12.0 Å². The first-order chi connectivity index (χ1) is 18.0. The minimum absolute atomic E-state index is 0.199. The molecule has 5 rings (SSSR count). The maximum atomic E-state index is 14.8. The second-order valence-electron chi connectivity index (χ2n) is 12.0. The largest absolute Gasteiger partial charge is 0.294 e. The van der Waals surface area contributed by atoms with Gasteiger partial charge in [0.2, 0.25) is 0 Å². The number of rotatable bonds is 12. The molecule has 0 aliphatic heterocycles. The lowest BCUT2D eigenvalue weighted by Gasteiger charge is -2.46. The van der Waals surface area contributed by atoms with Crippen molar-refractivity contribution >= 4 is 5.78 Å². The third kappa shape index (κ3) is 6.89. The highest BCUT2D eigenvalue weighted by Crippen LogP contribution is 2.53. The van der Waals surface area contributed by atoms with Crippen molar-refractivity contribution in [2.45, 2.75) is 122 Å². The number of carbonyl (C=O) groups is 1. The second kappa shape index (κ2) is 13.2. The zero-order chi connectivity index (χ0) is 26.3. The molecule has 2 bridgehead atoms. The molecule has 0 spiro atoms. The lowest BCUT2D eigenvalue weighted by molar-refractivity contribution is 0.0825.